The second-order valence-electron chi connectivity index (χ2n) is 5.60. The number of nitrogens with one attached hydrogen (secondary N) is 1. The van der Waals surface area contributed by atoms with Gasteiger partial charge in [0, 0.05) is 29.7 Å². The summed E-state index contributed by atoms with van der Waals surface area (Å²) in [7, 11) is 0. The van der Waals surface area contributed by atoms with Crippen LogP contribution in [0, 0.1) is 5.92 Å². The maximum absolute atomic E-state index is 12.4. The zero-order valence-corrected chi connectivity index (χ0v) is 13.6. The average Bonchev–Trinajstić information content (AvgIpc) is 2.48. The van der Waals surface area contributed by atoms with E-state index in [-0.39, 0.29) is 6.03 Å². The quantitative estimate of drug-likeness (QED) is 0.839. The molecule has 0 spiro atoms. The SMILES string of the molecule is C[C@@H]1CCCN(C(=O)Nc2cc3c(cc2Br)OCCO3)C1. The molecule has 0 unspecified atom stereocenters. The molecular weight excluding hydrogens is 336 g/mol. The lowest BCUT2D eigenvalue weighted by atomic mass is 10.0. The molecule has 2 heterocycles. The molecule has 2 amide bonds. The van der Waals surface area contributed by atoms with Crippen molar-refractivity contribution in [3.8, 4) is 11.5 Å². The van der Waals surface area contributed by atoms with Crippen LogP contribution in [0.2, 0.25) is 0 Å². The fourth-order valence-electron chi connectivity index (χ4n) is 2.73. The van der Waals surface area contributed by atoms with Crippen LogP contribution in [-0.4, -0.2) is 37.2 Å². The third kappa shape index (κ3) is 3.26. The lowest BCUT2D eigenvalue weighted by Gasteiger charge is -2.31. The van der Waals surface area contributed by atoms with Gasteiger partial charge in [0.05, 0.1) is 5.69 Å². The lowest BCUT2D eigenvalue weighted by Crippen LogP contribution is -2.41. The number of carbonyl (C=O) groups is 1. The number of benzene rings is 1. The van der Waals surface area contributed by atoms with Gasteiger partial charge in [0.2, 0.25) is 0 Å². The van der Waals surface area contributed by atoms with Gasteiger partial charge < -0.3 is 19.7 Å². The third-order valence-electron chi connectivity index (χ3n) is 3.82. The Kier molecular flexibility index (Phi) is 4.24. The molecule has 3 rings (SSSR count). The van der Waals surface area contributed by atoms with Crippen molar-refractivity contribution in [3.05, 3.63) is 16.6 Å². The number of hydrogen-bond acceptors (Lipinski definition) is 3. The minimum atomic E-state index is -0.0565. The molecule has 0 bridgehead atoms. The first kappa shape index (κ1) is 14.5. The van der Waals surface area contributed by atoms with Gasteiger partial charge in [0.1, 0.15) is 13.2 Å². The Bertz CT molecular complexity index is 550. The number of urea groups is 1. The predicted octanol–water partition coefficient (Wildman–Crippen LogP) is 3.48. The smallest absolute Gasteiger partial charge is 0.321 e. The lowest BCUT2D eigenvalue weighted by molar-refractivity contribution is 0.171. The van der Waals surface area contributed by atoms with Gasteiger partial charge in [-0.15, -0.1) is 0 Å². The van der Waals surface area contributed by atoms with E-state index in [4.69, 9.17) is 9.47 Å². The van der Waals surface area contributed by atoms with Crippen molar-refractivity contribution in [2.45, 2.75) is 19.8 Å². The molecule has 1 aromatic carbocycles. The van der Waals surface area contributed by atoms with E-state index >= 15 is 0 Å². The van der Waals surface area contributed by atoms with E-state index in [2.05, 4.69) is 28.2 Å². The van der Waals surface area contributed by atoms with Crippen LogP contribution in [0.4, 0.5) is 10.5 Å². The van der Waals surface area contributed by atoms with Gasteiger partial charge in [-0.05, 0) is 34.7 Å². The normalized spacial score (nSPS) is 21.0. The second-order valence-corrected chi connectivity index (χ2v) is 6.45. The maximum Gasteiger partial charge on any atom is 0.321 e. The van der Waals surface area contributed by atoms with Crippen LogP contribution in [0.5, 0.6) is 11.5 Å². The molecule has 0 aromatic heterocycles. The van der Waals surface area contributed by atoms with Crippen molar-refractivity contribution >= 4 is 27.6 Å². The van der Waals surface area contributed by atoms with Crippen LogP contribution >= 0.6 is 15.9 Å². The summed E-state index contributed by atoms with van der Waals surface area (Å²) in [5, 5.41) is 2.96. The van der Waals surface area contributed by atoms with Gasteiger partial charge in [0.25, 0.3) is 0 Å². The van der Waals surface area contributed by atoms with Gasteiger partial charge in [-0.3, -0.25) is 0 Å². The Morgan fingerprint density at radius 2 is 2.05 bits per heavy atom. The summed E-state index contributed by atoms with van der Waals surface area (Å²) in [5.41, 5.74) is 0.711. The number of likely N-dealkylation sites (tertiary alicyclic amines) is 1. The summed E-state index contributed by atoms with van der Waals surface area (Å²) in [6, 6.07) is 3.59. The number of nitrogens with zero attached hydrogens (tertiary/aromatic N) is 1. The van der Waals surface area contributed by atoms with E-state index in [1.54, 1.807) is 0 Å². The number of amides is 2. The van der Waals surface area contributed by atoms with Gasteiger partial charge in [-0.2, -0.15) is 0 Å². The number of anilines is 1. The Hall–Kier alpha value is -1.43. The molecule has 1 fully saturated rings. The number of carbonyl (C=O) groups excluding carboxylic acids is 1. The summed E-state index contributed by atoms with van der Waals surface area (Å²) in [5.74, 6) is 1.94. The summed E-state index contributed by atoms with van der Waals surface area (Å²) in [6.07, 6.45) is 2.26. The first-order chi connectivity index (χ1) is 10.1. The number of fused-ring (bicyclic) bond motifs is 1. The van der Waals surface area contributed by atoms with Crippen LogP contribution in [0.1, 0.15) is 19.8 Å². The van der Waals surface area contributed by atoms with E-state index < -0.39 is 0 Å². The average molecular weight is 355 g/mol. The summed E-state index contributed by atoms with van der Waals surface area (Å²) in [6.45, 7) is 4.90. The largest absolute Gasteiger partial charge is 0.486 e. The van der Waals surface area contributed by atoms with Gasteiger partial charge in [0.15, 0.2) is 11.5 Å². The minimum Gasteiger partial charge on any atom is -0.486 e. The summed E-state index contributed by atoms with van der Waals surface area (Å²) >= 11 is 3.47. The molecule has 1 N–H and O–H groups in total. The number of ether oxygens (including phenoxy) is 2. The van der Waals surface area contributed by atoms with E-state index in [9.17, 15) is 4.79 Å². The molecule has 21 heavy (non-hydrogen) atoms. The highest BCUT2D eigenvalue weighted by molar-refractivity contribution is 9.10. The van der Waals surface area contributed by atoms with Crippen molar-refractivity contribution in [1.82, 2.24) is 4.90 Å². The highest BCUT2D eigenvalue weighted by atomic mass is 79.9. The van der Waals surface area contributed by atoms with Crippen LogP contribution in [0.15, 0.2) is 16.6 Å². The zero-order chi connectivity index (χ0) is 14.8. The van der Waals surface area contributed by atoms with Crippen LogP contribution < -0.4 is 14.8 Å². The van der Waals surface area contributed by atoms with Crippen molar-refractivity contribution in [2.24, 2.45) is 5.92 Å². The molecular formula is C15H19BrN2O3. The summed E-state index contributed by atoms with van der Waals surface area (Å²) < 4.78 is 11.9. The summed E-state index contributed by atoms with van der Waals surface area (Å²) in [4.78, 5) is 14.2. The molecule has 2 aliphatic heterocycles. The molecule has 0 radical (unpaired) electrons. The Morgan fingerprint density at radius 3 is 2.76 bits per heavy atom. The monoisotopic (exact) mass is 354 g/mol. The van der Waals surface area contributed by atoms with Crippen LogP contribution in [0.25, 0.3) is 0 Å². The fourth-order valence-corrected chi connectivity index (χ4v) is 3.15. The number of piperidine rings is 1. The highest BCUT2D eigenvalue weighted by Gasteiger charge is 2.22. The molecule has 5 nitrogen and oxygen atoms in total. The number of halogens is 1. The molecule has 2 aliphatic rings. The van der Waals surface area contributed by atoms with Gasteiger partial charge in [-0.1, -0.05) is 6.92 Å². The molecule has 6 heteroatoms. The topological polar surface area (TPSA) is 50.8 Å². The second kappa shape index (κ2) is 6.13. The number of hydrogen-bond donors (Lipinski definition) is 1. The molecule has 0 aliphatic carbocycles. The predicted molar refractivity (Wildman–Crippen MR) is 84.1 cm³/mol. The Morgan fingerprint density at radius 1 is 1.33 bits per heavy atom. The molecule has 114 valence electrons. The fraction of sp³-hybridized carbons (Fsp3) is 0.533. The maximum atomic E-state index is 12.4. The molecule has 0 saturated carbocycles. The van der Waals surface area contributed by atoms with Crippen LogP contribution in [-0.2, 0) is 0 Å². The van der Waals surface area contributed by atoms with E-state index in [0.717, 1.165) is 24.0 Å². The third-order valence-corrected chi connectivity index (χ3v) is 4.47. The standard InChI is InChI=1S/C15H19BrN2O3/c1-10-3-2-4-18(9-10)15(19)17-12-8-14-13(7-11(12)16)20-5-6-21-14/h7-8,10H,2-6,9H2,1H3,(H,17,19)/t10-/m1/s1. The first-order valence-electron chi connectivity index (χ1n) is 7.28. The van der Waals surface area contributed by atoms with Crippen LogP contribution in [0.3, 0.4) is 0 Å². The Balaban J connectivity index is 1.73. The molecule has 1 atom stereocenters. The Labute approximate surface area is 132 Å². The number of rotatable bonds is 1. The molecule has 1 aromatic rings. The highest BCUT2D eigenvalue weighted by Crippen LogP contribution is 2.38. The zero-order valence-electron chi connectivity index (χ0n) is 12.0. The van der Waals surface area contributed by atoms with E-state index in [1.807, 2.05) is 17.0 Å². The van der Waals surface area contributed by atoms with Crippen molar-refractivity contribution in [2.75, 3.05) is 31.6 Å². The minimum absolute atomic E-state index is 0.0565. The van der Waals surface area contributed by atoms with Gasteiger partial charge >= 0.3 is 6.03 Å². The van der Waals surface area contributed by atoms with Crippen molar-refractivity contribution in [1.29, 1.82) is 0 Å². The molecule has 1 saturated heterocycles. The first-order valence-corrected chi connectivity index (χ1v) is 8.08. The van der Waals surface area contributed by atoms with Gasteiger partial charge in [-0.25, -0.2) is 4.79 Å². The van der Waals surface area contributed by atoms with Crippen molar-refractivity contribution < 1.29 is 14.3 Å². The van der Waals surface area contributed by atoms with E-state index in [0.29, 0.717) is 36.3 Å². The van der Waals surface area contributed by atoms with Crippen molar-refractivity contribution in [3.63, 3.8) is 0 Å². The van der Waals surface area contributed by atoms with E-state index in [1.165, 1.54) is 6.42 Å².